The van der Waals surface area contributed by atoms with Gasteiger partial charge in [-0.3, -0.25) is 18.7 Å². The molecule has 1 amide bonds. The van der Waals surface area contributed by atoms with E-state index in [0.29, 0.717) is 21.3 Å². The molecule has 1 N–H and O–H groups in total. The van der Waals surface area contributed by atoms with Gasteiger partial charge in [0, 0.05) is 25.3 Å². The van der Waals surface area contributed by atoms with Gasteiger partial charge < -0.3 is 5.32 Å². The standard InChI is InChI=1S/C22H16Cl2FN5O3S/c1-29-19-17(21(32)30(2)22(29)33)20(28-18(27-19)11-3-5-12(25)6-4-11)34-10-16(31)26-13-7-8-14(23)15(24)9-13/h3-9H,10H2,1-2H3,(H,26,31). The van der Waals surface area contributed by atoms with E-state index in [1.54, 1.807) is 12.1 Å². The Hall–Kier alpha value is -3.21. The number of rotatable bonds is 5. The molecule has 174 valence electrons. The normalized spacial score (nSPS) is 11.1. The molecule has 0 unspecified atom stereocenters. The average molecular weight is 520 g/mol. The number of aryl methyl sites for hydroxylation is 1. The molecular weight excluding hydrogens is 504 g/mol. The van der Waals surface area contributed by atoms with E-state index in [-0.39, 0.29) is 33.5 Å². The zero-order chi connectivity index (χ0) is 24.6. The lowest BCUT2D eigenvalue weighted by molar-refractivity contribution is -0.113. The van der Waals surface area contributed by atoms with Crippen LogP contribution in [0.25, 0.3) is 22.4 Å². The molecule has 0 saturated carbocycles. The van der Waals surface area contributed by atoms with E-state index >= 15 is 0 Å². The van der Waals surface area contributed by atoms with Gasteiger partial charge in [-0.2, -0.15) is 0 Å². The first-order chi connectivity index (χ1) is 16.2. The van der Waals surface area contributed by atoms with E-state index in [9.17, 15) is 18.8 Å². The van der Waals surface area contributed by atoms with Crippen LogP contribution in [0.2, 0.25) is 10.0 Å². The fourth-order valence-electron chi connectivity index (χ4n) is 3.17. The summed E-state index contributed by atoms with van der Waals surface area (Å²) in [5, 5.41) is 3.66. The molecule has 0 aliphatic heterocycles. The Bertz CT molecular complexity index is 1550. The molecule has 12 heteroatoms. The quantitative estimate of drug-likeness (QED) is 0.317. The van der Waals surface area contributed by atoms with Crippen molar-refractivity contribution in [2.24, 2.45) is 14.1 Å². The molecule has 2 aromatic heterocycles. The van der Waals surface area contributed by atoms with E-state index < -0.39 is 17.1 Å². The Labute approximate surface area is 206 Å². The number of aromatic nitrogens is 4. The van der Waals surface area contributed by atoms with Crippen molar-refractivity contribution in [1.82, 2.24) is 19.1 Å². The molecule has 34 heavy (non-hydrogen) atoms. The average Bonchev–Trinajstić information content (AvgIpc) is 2.82. The lowest BCUT2D eigenvalue weighted by Gasteiger charge is -2.12. The van der Waals surface area contributed by atoms with Crippen LogP contribution in [0.1, 0.15) is 0 Å². The molecule has 2 aromatic carbocycles. The van der Waals surface area contributed by atoms with Crippen LogP contribution in [-0.4, -0.2) is 30.8 Å². The molecule has 4 rings (SSSR count). The lowest BCUT2D eigenvalue weighted by Crippen LogP contribution is -2.37. The number of fused-ring (bicyclic) bond motifs is 1. The summed E-state index contributed by atoms with van der Waals surface area (Å²) in [7, 11) is 2.83. The van der Waals surface area contributed by atoms with Crippen molar-refractivity contribution in [1.29, 1.82) is 0 Å². The maximum Gasteiger partial charge on any atom is 0.332 e. The van der Waals surface area contributed by atoms with E-state index in [2.05, 4.69) is 15.3 Å². The van der Waals surface area contributed by atoms with Gasteiger partial charge in [-0.05, 0) is 42.5 Å². The molecule has 4 aromatic rings. The highest BCUT2D eigenvalue weighted by Gasteiger charge is 2.19. The number of amides is 1. The maximum atomic E-state index is 13.4. The zero-order valence-electron chi connectivity index (χ0n) is 17.8. The monoisotopic (exact) mass is 519 g/mol. The van der Waals surface area contributed by atoms with Gasteiger partial charge in [0.05, 0.1) is 15.8 Å². The minimum atomic E-state index is -0.587. The predicted molar refractivity (Wildman–Crippen MR) is 131 cm³/mol. The highest BCUT2D eigenvalue weighted by molar-refractivity contribution is 8.00. The smallest absolute Gasteiger partial charge is 0.325 e. The number of hydrogen-bond acceptors (Lipinski definition) is 6. The minimum absolute atomic E-state index is 0.0960. The van der Waals surface area contributed by atoms with E-state index in [1.165, 1.54) is 49.0 Å². The second-order valence-electron chi connectivity index (χ2n) is 7.23. The predicted octanol–water partition coefficient (Wildman–Crippen LogP) is 3.87. The van der Waals surface area contributed by atoms with Gasteiger partial charge in [0.2, 0.25) is 5.91 Å². The van der Waals surface area contributed by atoms with Crippen LogP contribution in [0.4, 0.5) is 10.1 Å². The number of carbonyl (C=O) groups excluding carboxylic acids is 1. The van der Waals surface area contributed by atoms with Crippen molar-refractivity contribution in [2.75, 3.05) is 11.1 Å². The first-order valence-electron chi connectivity index (χ1n) is 9.77. The molecule has 0 aliphatic carbocycles. The van der Waals surface area contributed by atoms with Crippen molar-refractivity contribution in [3.63, 3.8) is 0 Å². The third-order valence-electron chi connectivity index (χ3n) is 4.91. The summed E-state index contributed by atoms with van der Waals surface area (Å²) in [6.07, 6.45) is 0. The molecule has 0 atom stereocenters. The number of anilines is 1. The van der Waals surface area contributed by atoms with Crippen molar-refractivity contribution < 1.29 is 9.18 Å². The third-order valence-corrected chi connectivity index (χ3v) is 6.63. The topological polar surface area (TPSA) is 98.9 Å². The first-order valence-corrected chi connectivity index (χ1v) is 11.5. The Morgan fingerprint density at radius 1 is 1.03 bits per heavy atom. The fraction of sp³-hybridized carbons (Fsp3) is 0.136. The van der Waals surface area contributed by atoms with Crippen molar-refractivity contribution in [3.05, 3.63) is 79.2 Å². The summed E-state index contributed by atoms with van der Waals surface area (Å²) in [5.41, 5.74) is -0.100. The minimum Gasteiger partial charge on any atom is -0.325 e. The highest BCUT2D eigenvalue weighted by atomic mass is 35.5. The van der Waals surface area contributed by atoms with Crippen LogP contribution >= 0.6 is 35.0 Å². The van der Waals surface area contributed by atoms with E-state index in [1.807, 2.05) is 0 Å². The number of benzene rings is 2. The fourth-order valence-corrected chi connectivity index (χ4v) is 4.28. The highest BCUT2D eigenvalue weighted by Crippen LogP contribution is 2.28. The Kier molecular flexibility index (Phi) is 6.74. The third kappa shape index (κ3) is 4.70. The van der Waals surface area contributed by atoms with Gasteiger partial charge in [0.15, 0.2) is 11.5 Å². The van der Waals surface area contributed by atoms with Crippen molar-refractivity contribution in [2.45, 2.75) is 5.03 Å². The first kappa shape index (κ1) is 23.9. The molecule has 0 fully saturated rings. The van der Waals surface area contributed by atoms with Gasteiger partial charge >= 0.3 is 5.69 Å². The number of thioether (sulfide) groups is 1. The van der Waals surface area contributed by atoms with Crippen molar-refractivity contribution >= 4 is 57.6 Å². The largest absolute Gasteiger partial charge is 0.332 e. The molecule has 0 bridgehead atoms. The summed E-state index contributed by atoms with van der Waals surface area (Å²) in [4.78, 5) is 46.7. The van der Waals surface area contributed by atoms with Crippen LogP contribution in [-0.2, 0) is 18.9 Å². The number of carbonyl (C=O) groups is 1. The van der Waals surface area contributed by atoms with Gasteiger partial charge in [-0.1, -0.05) is 35.0 Å². The lowest BCUT2D eigenvalue weighted by atomic mass is 10.2. The maximum absolute atomic E-state index is 13.4. The summed E-state index contributed by atoms with van der Waals surface area (Å²) in [5.74, 6) is -0.719. The van der Waals surface area contributed by atoms with Crippen LogP contribution < -0.4 is 16.6 Å². The summed E-state index contributed by atoms with van der Waals surface area (Å²) >= 11 is 12.9. The van der Waals surface area contributed by atoms with E-state index in [4.69, 9.17) is 23.2 Å². The molecule has 0 saturated heterocycles. The summed E-state index contributed by atoms with van der Waals surface area (Å²) in [6, 6.07) is 10.2. The van der Waals surface area contributed by atoms with Crippen LogP contribution in [0, 0.1) is 5.82 Å². The Balaban J connectivity index is 1.74. The zero-order valence-corrected chi connectivity index (χ0v) is 20.1. The molecule has 0 spiro atoms. The summed E-state index contributed by atoms with van der Waals surface area (Å²) in [6.45, 7) is 0. The van der Waals surface area contributed by atoms with Gasteiger partial charge in [0.1, 0.15) is 16.2 Å². The Morgan fingerprint density at radius 3 is 2.41 bits per heavy atom. The Morgan fingerprint density at radius 2 is 1.74 bits per heavy atom. The van der Waals surface area contributed by atoms with Crippen LogP contribution in [0.5, 0.6) is 0 Å². The number of nitrogens with one attached hydrogen (secondary N) is 1. The molecule has 0 radical (unpaired) electrons. The van der Waals surface area contributed by atoms with Gasteiger partial charge in [-0.15, -0.1) is 0 Å². The molecule has 0 aliphatic rings. The van der Waals surface area contributed by atoms with Gasteiger partial charge in [0.25, 0.3) is 5.56 Å². The SMILES string of the molecule is Cn1c(=O)c2c(SCC(=O)Nc3ccc(Cl)c(Cl)c3)nc(-c3ccc(F)cc3)nc2n(C)c1=O. The molecule has 8 nitrogen and oxygen atoms in total. The molecule has 2 heterocycles. The van der Waals surface area contributed by atoms with Crippen molar-refractivity contribution in [3.8, 4) is 11.4 Å². The summed E-state index contributed by atoms with van der Waals surface area (Å²) < 4.78 is 15.6. The van der Waals surface area contributed by atoms with Crippen LogP contribution in [0.3, 0.4) is 0 Å². The van der Waals surface area contributed by atoms with E-state index in [0.717, 1.165) is 16.3 Å². The second kappa shape index (κ2) is 9.57. The van der Waals surface area contributed by atoms with Crippen LogP contribution in [0.15, 0.2) is 57.1 Å². The second-order valence-corrected chi connectivity index (χ2v) is 9.01. The van der Waals surface area contributed by atoms with Gasteiger partial charge in [-0.25, -0.2) is 19.2 Å². The molecular formula is C22H16Cl2FN5O3S. The number of halogens is 3. The number of nitrogens with zero attached hydrogens (tertiary/aromatic N) is 4. The number of hydrogen-bond donors (Lipinski definition) is 1.